The minimum Gasteiger partial charge on any atom is -0.424 e. The van der Waals surface area contributed by atoms with Crippen LogP contribution in [0.25, 0.3) is 0 Å². The van der Waals surface area contributed by atoms with Gasteiger partial charge in [-0.1, -0.05) is 89.4 Å². The molecule has 3 rings (SSSR count). The monoisotopic (exact) mass is 555 g/mol. The van der Waals surface area contributed by atoms with Crippen molar-refractivity contribution >= 4 is 55.3 Å². The van der Waals surface area contributed by atoms with Gasteiger partial charge in [0.05, 0.1) is 17.5 Å². The van der Waals surface area contributed by atoms with E-state index in [2.05, 4.69) is 38.8 Å². The number of carbonyl (C=O) groups is 3. The summed E-state index contributed by atoms with van der Waals surface area (Å²) in [7, 11) is 0. The van der Waals surface area contributed by atoms with Gasteiger partial charge in [-0.25, -0.2) is 4.90 Å². The van der Waals surface area contributed by atoms with Gasteiger partial charge in [0.1, 0.15) is 0 Å². The number of unbranched alkanes of at least 4 members (excludes halogenated alkanes) is 6. The molecule has 5 nitrogen and oxygen atoms in total. The van der Waals surface area contributed by atoms with Gasteiger partial charge in [-0.15, -0.1) is 0 Å². The summed E-state index contributed by atoms with van der Waals surface area (Å²) in [5.74, 6) is -1.10. The normalized spacial score (nSPS) is 25.6. The molecule has 1 aromatic rings. The fourth-order valence-electron chi connectivity index (χ4n) is 4.46. The fraction of sp³-hybridized carbons (Fsp3) is 0.625. The van der Waals surface area contributed by atoms with Crippen molar-refractivity contribution in [2.75, 3.05) is 4.90 Å². The van der Waals surface area contributed by atoms with Crippen molar-refractivity contribution in [2.24, 2.45) is 11.8 Å². The number of amides is 2. The molecule has 2 fully saturated rings. The van der Waals surface area contributed by atoms with Crippen LogP contribution in [-0.4, -0.2) is 27.4 Å². The van der Waals surface area contributed by atoms with Crippen LogP contribution < -0.4 is 9.64 Å². The van der Waals surface area contributed by atoms with E-state index in [1.165, 1.54) is 30.6 Å². The number of benzene rings is 1. The number of hydrogen-bond acceptors (Lipinski definition) is 4. The molecule has 0 aromatic heterocycles. The van der Waals surface area contributed by atoms with Crippen molar-refractivity contribution in [3.8, 4) is 5.75 Å². The van der Waals surface area contributed by atoms with Crippen LogP contribution in [0.2, 0.25) is 0 Å². The highest BCUT2D eigenvalue weighted by molar-refractivity contribution is 9.12. The number of esters is 1. The third-order valence-corrected chi connectivity index (χ3v) is 8.96. The predicted molar refractivity (Wildman–Crippen MR) is 129 cm³/mol. The number of fused-ring (bicyclic) bond motifs is 1. The van der Waals surface area contributed by atoms with E-state index in [1.54, 1.807) is 24.3 Å². The quantitative estimate of drug-likeness (QED) is 0.114. The van der Waals surface area contributed by atoms with Crippen molar-refractivity contribution < 1.29 is 19.1 Å². The predicted octanol–water partition coefficient (Wildman–Crippen LogP) is 6.16. The fourth-order valence-corrected chi connectivity index (χ4v) is 5.70. The highest BCUT2D eigenvalue weighted by Gasteiger charge is 2.52. The second-order valence-corrected chi connectivity index (χ2v) is 10.9. The Kier molecular flexibility index (Phi) is 9.14. The minimum absolute atomic E-state index is 0.153. The summed E-state index contributed by atoms with van der Waals surface area (Å²) in [5, 5.41) is 0. The number of imide groups is 1. The Labute approximate surface area is 201 Å². The zero-order chi connectivity index (χ0) is 22.4. The van der Waals surface area contributed by atoms with Gasteiger partial charge >= 0.3 is 5.97 Å². The van der Waals surface area contributed by atoms with Crippen LogP contribution in [0.4, 0.5) is 5.69 Å². The first-order chi connectivity index (χ1) is 14.9. The van der Waals surface area contributed by atoms with Gasteiger partial charge in [0.15, 0.2) is 5.75 Å². The van der Waals surface area contributed by atoms with Crippen LogP contribution >= 0.6 is 31.9 Å². The van der Waals surface area contributed by atoms with Gasteiger partial charge in [-0.2, -0.15) is 0 Å². The van der Waals surface area contributed by atoms with E-state index in [0.717, 1.165) is 19.3 Å². The van der Waals surface area contributed by atoms with Crippen molar-refractivity contribution in [3.05, 3.63) is 24.3 Å². The molecule has 1 aliphatic carbocycles. The molecule has 1 saturated carbocycles. The number of anilines is 1. The number of alkyl halides is 2. The van der Waals surface area contributed by atoms with Gasteiger partial charge in [0.2, 0.25) is 11.8 Å². The first-order valence-corrected chi connectivity index (χ1v) is 13.2. The maximum Gasteiger partial charge on any atom is 0.311 e. The lowest BCUT2D eigenvalue weighted by molar-refractivity contribution is -0.134. The molecule has 1 saturated heterocycles. The molecule has 0 N–H and O–H groups in total. The van der Waals surface area contributed by atoms with Gasteiger partial charge in [0, 0.05) is 16.1 Å². The maximum atomic E-state index is 13.1. The summed E-state index contributed by atoms with van der Waals surface area (Å²) < 4.78 is 5.59. The van der Waals surface area contributed by atoms with Crippen LogP contribution in [0.3, 0.4) is 0 Å². The van der Waals surface area contributed by atoms with Crippen molar-refractivity contribution in [1.29, 1.82) is 0 Å². The Morgan fingerprint density at radius 1 is 0.935 bits per heavy atom. The lowest BCUT2D eigenvalue weighted by Gasteiger charge is -2.29. The molecular weight excluding hydrogens is 526 g/mol. The summed E-state index contributed by atoms with van der Waals surface area (Å²) >= 11 is 7.22. The summed E-state index contributed by atoms with van der Waals surface area (Å²) in [6.45, 7) is 2.20. The highest BCUT2D eigenvalue weighted by Crippen LogP contribution is 2.45. The van der Waals surface area contributed by atoms with E-state index in [4.69, 9.17) is 4.74 Å². The molecule has 2 aliphatic rings. The molecule has 1 aliphatic heterocycles. The molecule has 1 aromatic carbocycles. The number of rotatable bonds is 10. The largest absolute Gasteiger partial charge is 0.424 e. The SMILES string of the molecule is CCCCCCCCCC(=O)Oc1ccccc1N1C(=O)[C@H]2C[C@@H](Br)[C@H](Br)C[C@H]2C1=O. The number of carbonyl (C=O) groups excluding carboxylic acids is 3. The number of halogens is 2. The smallest absolute Gasteiger partial charge is 0.311 e. The number of para-hydroxylation sites is 2. The molecule has 0 unspecified atom stereocenters. The summed E-state index contributed by atoms with van der Waals surface area (Å²) in [5.41, 5.74) is 0.372. The Hall–Kier alpha value is -1.21. The van der Waals surface area contributed by atoms with E-state index in [1.807, 2.05) is 0 Å². The van der Waals surface area contributed by atoms with Gasteiger partial charge < -0.3 is 4.74 Å². The molecule has 0 spiro atoms. The number of hydrogen-bond donors (Lipinski definition) is 0. The van der Waals surface area contributed by atoms with E-state index >= 15 is 0 Å². The van der Waals surface area contributed by atoms with Gasteiger partial charge in [-0.05, 0) is 31.4 Å². The summed E-state index contributed by atoms with van der Waals surface area (Å²) in [6, 6.07) is 6.84. The van der Waals surface area contributed by atoms with Gasteiger partial charge in [0.25, 0.3) is 0 Å². The average molecular weight is 557 g/mol. The van der Waals surface area contributed by atoms with Crippen LogP contribution in [0.5, 0.6) is 5.75 Å². The maximum absolute atomic E-state index is 13.1. The topological polar surface area (TPSA) is 63.7 Å². The molecule has 2 amide bonds. The van der Waals surface area contributed by atoms with Crippen LogP contribution in [0.1, 0.15) is 71.1 Å². The van der Waals surface area contributed by atoms with Crippen molar-refractivity contribution in [1.82, 2.24) is 0 Å². The molecule has 0 bridgehead atoms. The van der Waals surface area contributed by atoms with E-state index in [0.29, 0.717) is 24.9 Å². The molecule has 4 atom stereocenters. The highest BCUT2D eigenvalue weighted by atomic mass is 79.9. The minimum atomic E-state index is -0.331. The standard InChI is InChI=1S/C24H31Br2NO4/c1-2-3-4-5-6-7-8-13-22(28)31-21-12-10-9-11-20(21)27-23(29)16-14-18(25)19(26)15-17(16)24(27)30/h9-12,16-19H,2-8,13-15H2,1H3/t16-,17+,18-,19-/m1/s1. The van der Waals surface area contributed by atoms with Gasteiger partial charge in [-0.3, -0.25) is 14.4 Å². The third kappa shape index (κ3) is 5.98. The number of ether oxygens (including phenoxy) is 1. The Bertz CT molecular complexity index is 772. The Morgan fingerprint density at radius 3 is 2.10 bits per heavy atom. The lowest BCUT2D eigenvalue weighted by Crippen LogP contribution is -2.34. The van der Waals surface area contributed by atoms with E-state index < -0.39 is 0 Å². The molecular formula is C24H31Br2NO4. The first kappa shape index (κ1) is 24.4. The Balaban J connectivity index is 1.61. The second kappa shape index (κ2) is 11.6. The van der Waals surface area contributed by atoms with Crippen LogP contribution in [0, 0.1) is 11.8 Å². The molecule has 7 heteroatoms. The van der Waals surface area contributed by atoms with Crippen LogP contribution in [-0.2, 0) is 14.4 Å². The lowest BCUT2D eigenvalue weighted by atomic mass is 9.81. The molecule has 1 heterocycles. The zero-order valence-corrected chi connectivity index (χ0v) is 21.2. The second-order valence-electron chi connectivity index (χ2n) is 8.54. The Morgan fingerprint density at radius 2 is 1.48 bits per heavy atom. The third-order valence-electron chi connectivity index (χ3n) is 6.23. The number of nitrogens with zero attached hydrogens (tertiary/aromatic N) is 1. The summed E-state index contributed by atoms with van der Waals surface area (Å²) in [4.78, 5) is 40.1. The molecule has 170 valence electrons. The van der Waals surface area contributed by atoms with E-state index in [-0.39, 0.29) is 45.0 Å². The average Bonchev–Trinajstić information content (AvgIpc) is 2.98. The zero-order valence-electron chi connectivity index (χ0n) is 18.0. The summed E-state index contributed by atoms with van der Waals surface area (Å²) in [6.07, 6.45) is 9.44. The molecule has 31 heavy (non-hydrogen) atoms. The van der Waals surface area contributed by atoms with Crippen molar-refractivity contribution in [3.63, 3.8) is 0 Å². The van der Waals surface area contributed by atoms with E-state index in [9.17, 15) is 14.4 Å². The van der Waals surface area contributed by atoms with Crippen molar-refractivity contribution in [2.45, 2.75) is 80.8 Å². The molecule has 0 radical (unpaired) electrons. The van der Waals surface area contributed by atoms with Crippen LogP contribution in [0.15, 0.2) is 24.3 Å². The first-order valence-electron chi connectivity index (χ1n) is 11.4.